The van der Waals surface area contributed by atoms with E-state index in [4.69, 9.17) is 0 Å². The van der Waals surface area contributed by atoms with Crippen molar-refractivity contribution in [1.29, 1.82) is 0 Å². The fourth-order valence-corrected chi connectivity index (χ4v) is 4.28. The van der Waals surface area contributed by atoms with Gasteiger partial charge in [-0.25, -0.2) is 8.42 Å². The Morgan fingerprint density at radius 2 is 2.16 bits per heavy atom. The Bertz CT molecular complexity index is 756. The van der Waals surface area contributed by atoms with Crippen LogP contribution in [-0.2, 0) is 26.2 Å². The van der Waals surface area contributed by atoms with Crippen LogP contribution in [0.15, 0.2) is 6.20 Å². The first-order valence-electron chi connectivity index (χ1n) is 8.51. The van der Waals surface area contributed by atoms with Crippen LogP contribution in [0.3, 0.4) is 0 Å². The zero-order valence-corrected chi connectivity index (χ0v) is 14.9. The molecule has 0 bridgehead atoms. The molecule has 1 unspecified atom stereocenters. The molecule has 0 saturated heterocycles. The van der Waals surface area contributed by atoms with Gasteiger partial charge in [0.05, 0.1) is 16.9 Å². The Morgan fingerprint density at radius 3 is 2.84 bits per heavy atom. The highest BCUT2D eigenvalue weighted by atomic mass is 32.2. The van der Waals surface area contributed by atoms with Crippen LogP contribution in [0.4, 0.5) is 0 Å². The zero-order chi connectivity index (χ0) is 18.0. The number of nitrogens with one attached hydrogen (secondary N) is 4. The number of hydrogen-bond acceptors (Lipinski definition) is 6. The van der Waals surface area contributed by atoms with Crippen molar-refractivity contribution in [2.24, 2.45) is 0 Å². The quantitative estimate of drug-likeness (QED) is 0.512. The second-order valence-corrected chi connectivity index (χ2v) is 8.50. The number of sulfonamides is 1. The van der Waals surface area contributed by atoms with E-state index < -0.39 is 33.1 Å². The summed E-state index contributed by atoms with van der Waals surface area (Å²) in [6, 6.07) is -0.879. The number of fused-ring (bicyclic) bond motifs is 1. The summed E-state index contributed by atoms with van der Waals surface area (Å²) in [7, 11) is -3.63. The van der Waals surface area contributed by atoms with E-state index in [-0.39, 0.29) is 5.91 Å². The zero-order valence-electron chi connectivity index (χ0n) is 14.0. The fourth-order valence-electron chi connectivity index (χ4n) is 2.94. The van der Waals surface area contributed by atoms with Crippen LogP contribution < -0.4 is 15.4 Å². The number of amides is 2. The molecule has 3 rings (SSSR count). The first kappa shape index (κ1) is 17.9. The van der Waals surface area contributed by atoms with Crippen LogP contribution in [0.2, 0.25) is 0 Å². The Labute approximate surface area is 146 Å². The number of rotatable bonds is 7. The molecular weight excluding hydrogens is 346 g/mol. The van der Waals surface area contributed by atoms with Crippen LogP contribution >= 0.6 is 0 Å². The lowest BCUT2D eigenvalue weighted by atomic mass is 9.96. The molecule has 0 aromatic carbocycles. The van der Waals surface area contributed by atoms with Crippen LogP contribution in [0.5, 0.6) is 0 Å². The predicted molar refractivity (Wildman–Crippen MR) is 90.0 cm³/mol. The molecule has 1 fully saturated rings. The average molecular weight is 369 g/mol. The Balaban J connectivity index is 1.67. The number of carbonyl (C=O) groups is 2. The van der Waals surface area contributed by atoms with Gasteiger partial charge in [-0.2, -0.15) is 5.10 Å². The summed E-state index contributed by atoms with van der Waals surface area (Å²) in [4.78, 5) is 25.0. The summed E-state index contributed by atoms with van der Waals surface area (Å²) < 4.78 is 26.0. The molecule has 0 radical (unpaired) electrons. The number of aromatic amines is 1. The topological polar surface area (TPSA) is 133 Å². The first-order chi connectivity index (χ1) is 11.9. The summed E-state index contributed by atoms with van der Waals surface area (Å²) in [5, 5.41) is 12.2. The van der Waals surface area contributed by atoms with Gasteiger partial charge >= 0.3 is 0 Å². The van der Waals surface area contributed by atoms with Gasteiger partial charge in [-0.05, 0) is 19.3 Å². The smallest absolute Gasteiger partial charge is 0.256 e. The Hall–Kier alpha value is -1.94. The Morgan fingerprint density at radius 1 is 1.40 bits per heavy atom. The van der Waals surface area contributed by atoms with Crippen LogP contribution in [0, 0.1) is 0 Å². The lowest BCUT2D eigenvalue weighted by molar-refractivity contribution is -0.129. The van der Waals surface area contributed by atoms with E-state index in [1.165, 1.54) is 0 Å². The van der Waals surface area contributed by atoms with E-state index in [0.29, 0.717) is 44.5 Å². The maximum Gasteiger partial charge on any atom is 0.256 e. The molecule has 2 atom stereocenters. The molecule has 1 aliphatic carbocycles. The van der Waals surface area contributed by atoms with Crippen LogP contribution in [0.25, 0.3) is 0 Å². The third-order valence-electron chi connectivity index (χ3n) is 4.48. The van der Waals surface area contributed by atoms with Gasteiger partial charge in [0.1, 0.15) is 6.04 Å². The van der Waals surface area contributed by atoms with Gasteiger partial charge in [0.2, 0.25) is 15.9 Å². The molecular formula is C15H23N5O4S. The predicted octanol–water partition coefficient (Wildman–Crippen LogP) is -0.510. The van der Waals surface area contributed by atoms with Crippen molar-refractivity contribution in [1.82, 2.24) is 25.6 Å². The van der Waals surface area contributed by atoms with E-state index in [0.717, 1.165) is 5.56 Å². The first-order valence-corrected chi connectivity index (χ1v) is 10.1. The average Bonchev–Trinajstić information content (AvgIpc) is 3.32. The van der Waals surface area contributed by atoms with E-state index in [1.807, 2.05) is 6.92 Å². The number of H-pyrrole nitrogens is 1. The Kier molecular flexibility index (Phi) is 5.09. The normalized spacial score (nSPS) is 21.2. The van der Waals surface area contributed by atoms with Crippen molar-refractivity contribution in [3.8, 4) is 0 Å². The van der Waals surface area contributed by atoms with Gasteiger partial charge in [0.15, 0.2) is 0 Å². The summed E-state index contributed by atoms with van der Waals surface area (Å²) in [5.74, 6) is -1.52. The summed E-state index contributed by atoms with van der Waals surface area (Å²) in [5.41, 5.74) is 1.58. The molecule has 2 amide bonds. The van der Waals surface area contributed by atoms with Crippen molar-refractivity contribution in [3.05, 3.63) is 17.5 Å². The fraction of sp³-hybridized carbons (Fsp3) is 0.667. The second-order valence-electron chi connectivity index (χ2n) is 6.54. The number of carbonyl (C=O) groups excluding carboxylic acids is 2. The van der Waals surface area contributed by atoms with Gasteiger partial charge in [-0.1, -0.05) is 13.3 Å². The molecule has 10 heteroatoms. The molecule has 1 aliphatic heterocycles. The molecule has 1 saturated carbocycles. The number of aromatic nitrogens is 2. The monoisotopic (exact) mass is 369 g/mol. The third-order valence-corrected chi connectivity index (χ3v) is 6.31. The van der Waals surface area contributed by atoms with Gasteiger partial charge in [0, 0.05) is 24.8 Å². The van der Waals surface area contributed by atoms with Crippen molar-refractivity contribution < 1.29 is 18.0 Å². The highest BCUT2D eigenvalue weighted by Crippen LogP contribution is 2.27. The molecule has 2 heterocycles. The summed E-state index contributed by atoms with van der Waals surface area (Å²) in [6.07, 6.45) is 3.89. The lowest BCUT2D eigenvalue weighted by Gasteiger charge is -2.24. The molecule has 1 aromatic rings. The van der Waals surface area contributed by atoms with E-state index in [1.54, 1.807) is 6.20 Å². The van der Waals surface area contributed by atoms with Crippen molar-refractivity contribution in [2.45, 2.75) is 56.4 Å². The molecule has 25 heavy (non-hydrogen) atoms. The lowest BCUT2D eigenvalue weighted by Crippen LogP contribution is -2.51. The third kappa shape index (κ3) is 4.01. The van der Waals surface area contributed by atoms with Crippen molar-refractivity contribution >= 4 is 21.8 Å². The van der Waals surface area contributed by atoms with E-state index in [2.05, 4.69) is 25.6 Å². The minimum absolute atomic E-state index is 0.335. The molecule has 2 aliphatic rings. The maximum atomic E-state index is 12.6. The minimum atomic E-state index is -3.63. The molecule has 4 N–H and O–H groups in total. The molecule has 138 valence electrons. The van der Waals surface area contributed by atoms with Crippen molar-refractivity contribution in [2.75, 3.05) is 6.54 Å². The summed E-state index contributed by atoms with van der Waals surface area (Å²) in [6.45, 7) is 2.93. The van der Waals surface area contributed by atoms with Gasteiger partial charge in [-0.15, -0.1) is 0 Å². The molecule has 0 spiro atoms. The van der Waals surface area contributed by atoms with E-state index in [9.17, 15) is 18.0 Å². The van der Waals surface area contributed by atoms with E-state index >= 15 is 0 Å². The van der Waals surface area contributed by atoms with Crippen LogP contribution in [-0.4, -0.2) is 48.3 Å². The second kappa shape index (κ2) is 7.12. The van der Waals surface area contributed by atoms with Gasteiger partial charge in [-0.3, -0.25) is 19.4 Å². The van der Waals surface area contributed by atoms with Crippen molar-refractivity contribution in [3.63, 3.8) is 0 Å². The van der Waals surface area contributed by atoms with Gasteiger partial charge < -0.3 is 10.6 Å². The number of nitrogens with zero attached hydrogens (tertiary/aromatic N) is 1. The molecule has 9 nitrogen and oxygen atoms in total. The maximum absolute atomic E-state index is 12.6. The SMILES string of the molecule is CCC[C@H](NC(=O)C1CNCc2c[nH]nc21)C(=O)NS(=O)(=O)C1CC1. The van der Waals surface area contributed by atoms with Crippen LogP contribution in [0.1, 0.15) is 49.8 Å². The summed E-state index contributed by atoms with van der Waals surface area (Å²) >= 11 is 0. The largest absolute Gasteiger partial charge is 0.344 e. The van der Waals surface area contributed by atoms with Gasteiger partial charge in [0.25, 0.3) is 5.91 Å². The standard InChI is InChI=1S/C15H23N5O4S/c1-2-3-12(15(22)20-25(23,24)10-4-5-10)18-14(21)11-8-16-6-9-7-17-19-13(9)11/h7,10-12,16H,2-6,8H2,1H3,(H,17,19)(H,18,21)(H,20,22)/t11?,12-/m0/s1. The highest BCUT2D eigenvalue weighted by molar-refractivity contribution is 7.90. The highest BCUT2D eigenvalue weighted by Gasteiger charge is 2.38. The number of hydrogen-bond donors (Lipinski definition) is 4. The molecule has 1 aromatic heterocycles. The minimum Gasteiger partial charge on any atom is -0.344 e.